The number of carbonyl (C=O) groups is 1. The molecule has 18 heteroatoms. The second-order valence-electron chi connectivity index (χ2n) is 8.00. The summed E-state index contributed by atoms with van der Waals surface area (Å²) >= 11 is 18.0. The molecule has 2 aromatic carbocycles. The first-order valence-electron chi connectivity index (χ1n) is 10.7. The van der Waals surface area contributed by atoms with Gasteiger partial charge in [-0.15, -0.1) is 11.8 Å². The summed E-state index contributed by atoms with van der Waals surface area (Å²) < 4.78 is 91.5. The van der Waals surface area contributed by atoms with Crippen molar-refractivity contribution in [2.75, 3.05) is 31.3 Å². The third-order valence-corrected chi connectivity index (χ3v) is 8.85. The summed E-state index contributed by atoms with van der Waals surface area (Å²) in [4.78, 5) is 12.0. The Morgan fingerprint density at radius 2 is 1.72 bits per heavy atom. The molecule has 0 fully saturated rings. The Bertz CT molecular complexity index is 1360. The molecule has 0 bridgehead atoms. The van der Waals surface area contributed by atoms with Gasteiger partial charge in [0.2, 0.25) is 13.8 Å². The van der Waals surface area contributed by atoms with Crippen LogP contribution in [-0.4, -0.2) is 69.1 Å². The van der Waals surface area contributed by atoms with Crippen LogP contribution in [0, 0.1) is 0 Å². The van der Waals surface area contributed by atoms with Crippen LogP contribution in [0.4, 0.5) is 23.7 Å². The van der Waals surface area contributed by atoms with Crippen molar-refractivity contribution >= 4 is 78.2 Å². The number of anilines is 1. The van der Waals surface area contributed by atoms with Crippen LogP contribution in [0.15, 0.2) is 63.2 Å². The molecule has 0 aliphatic carbocycles. The highest BCUT2D eigenvalue weighted by atomic mass is 35.6. The van der Waals surface area contributed by atoms with Gasteiger partial charge in [-0.05, 0) is 36.8 Å². The smallest absolute Gasteiger partial charge is 0.445 e. The third kappa shape index (κ3) is 10.4. The SMILES string of the molecule is CN(CC[C@H](CSc1ccccc1)Nc1ccc(S(N)(=O)=O)cc1S(=O)(=O)C(F)(F)F)C(=O)OCC(Cl)(Cl)Cl. The number of sulfonamides is 1. The van der Waals surface area contributed by atoms with Gasteiger partial charge in [-0.3, -0.25) is 0 Å². The fraction of sp³-hybridized carbons (Fsp3) is 0.381. The molecule has 0 unspecified atom stereocenters. The molecule has 0 heterocycles. The molecule has 0 saturated heterocycles. The lowest BCUT2D eigenvalue weighted by atomic mass is 10.2. The fourth-order valence-electron chi connectivity index (χ4n) is 2.97. The summed E-state index contributed by atoms with van der Waals surface area (Å²) in [6.45, 7) is -0.524. The Balaban J connectivity index is 2.37. The predicted octanol–water partition coefficient (Wildman–Crippen LogP) is 5.03. The van der Waals surface area contributed by atoms with E-state index in [1.807, 2.05) is 0 Å². The van der Waals surface area contributed by atoms with Crippen LogP contribution in [0.3, 0.4) is 0 Å². The van der Waals surface area contributed by atoms with Crippen molar-refractivity contribution in [1.29, 1.82) is 0 Å². The largest absolute Gasteiger partial charge is 0.501 e. The highest BCUT2D eigenvalue weighted by molar-refractivity contribution is 7.99. The molecule has 1 amide bonds. The molecular formula is C21H23Cl3F3N3O6S3. The van der Waals surface area contributed by atoms with Crippen LogP contribution in [0.1, 0.15) is 6.42 Å². The van der Waals surface area contributed by atoms with E-state index in [2.05, 4.69) is 5.32 Å². The molecule has 9 nitrogen and oxygen atoms in total. The summed E-state index contributed by atoms with van der Waals surface area (Å²) in [6, 6.07) is 10.3. The van der Waals surface area contributed by atoms with Gasteiger partial charge in [-0.2, -0.15) is 13.2 Å². The van der Waals surface area contributed by atoms with Crippen LogP contribution < -0.4 is 10.5 Å². The van der Waals surface area contributed by atoms with Crippen molar-refractivity contribution in [3.05, 3.63) is 48.5 Å². The standard InChI is InChI=1S/C21H23Cl3F3N3O6S3/c1-30(19(31)36-13-20(22,23)24)10-9-14(12-37-15-5-3-2-4-6-15)29-17-8-7-16(39(28,34)35)11-18(17)38(32,33)21(25,26)27/h2-8,11,14,29H,9-10,12-13H2,1H3,(H2,28,34,35)/t14-/m1/s1. The fourth-order valence-corrected chi connectivity index (χ4v) is 5.69. The van der Waals surface area contributed by atoms with Crippen LogP contribution in [-0.2, 0) is 24.6 Å². The summed E-state index contributed by atoms with van der Waals surface area (Å²) in [5.74, 6) is 0.212. The number of hydrogen-bond donors (Lipinski definition) is 2. The minimum atomic E-state index is -5.98. The van der Waals surface area contributed by atoms with Gasteiger partial charge in [0.25, 0.3) is 9.84 Å². The normalized spacial score (nSPS) is 13.5. The molecule has 2 aromatic rings. The number of alkyl halides is 6. The molecule has 0 saturated carbocycles. The van der Waals surface area contributed by atoms with E-state index in [-0.39, 0.29) is 18.7 Å². The number of nitrogens with zero attached hydrogens (tertiary/aromatic N) is 1. The van der Waals surface area contributed by atoms with E-state index in [1.54, 1.807) is 30.3 Å². The number of thioether (sulfide) groups is 1. The van der Waals surface area contributed by atoms with E-state index < -0.39 is 63.4 Å². The van der Waals surface area contributed by atoms with Gasteiger partial charge in [0.05, 0.1) is 10.6 Å². The molecule has 218 valence electrons. The number of carbonyl (C=O) groups excluding carboxylic acids is 1. The van der Waals surface area contributed by atoms with Gasteiger partial charge in [-0.1, -0.05) is 53.0 Å². The van der Waals surface area contributed by atoms with Gasteiger partial charge < -0.3 is 15.0 Å². The van der Waals surface area contributed by atoms with Crippen LogP contribution >= 0.6 is 46.6 Å². The Labute approximate surface area is 243 Å². The molecule has 3 N–H and O–H groups in total. The molecule has 1 atom stereocenters. The van der Waals surface area contributed by atoms with Gasteiger partial charge in [0.1, 0.15) is 11.5 Å². The van der Waals surface area contributed by atoms with E-state index >= 15 is 0 Å². The summed E-state index contributed by atoms with van der Waals surface area (Å²) in [7, 11) is -9.12. The van der Waals surface area contributed by atoms with Crippen molar-refractivity contribution in [3.63, 3.8) is 0 Å². The molecule has 0 aromatic heterocycles. The zero-order chi connectivity index (χ0) is 29.6. The first-order chi connectivity index (χ1) is 17.8. The number of nitrogens with two attached hydrogens (primary N) is 1. The average Bonchev–Trinajstić information content (AvgIpc) is 2.82. The predicted molar refractivity (Wildman–Crippen MR) is 145 cm³/mol. The number of sulfone groups is 1. The molecular weight excluding hydrogens is 650 g/mol. The Kier molecular flexibility index (Phi) is 11.5. The highest BCUT2D eigenvalue weighted by Crippen LogP contribution is 2.36. The van der Waals surface area contributed by atoms with Gasteiger partial charge in [0, 0.05) is 30.3 Å². The number of nitrogens with one attached hydrogen (secondary N) is 1. The summed E-state index contributed by atoms with van der Waals surface area (Å²) in [5, 5.41) is 7.75. The van der Waals surface area contributed by atoms with E-state index in [0.717, 1.165) is 21.9 Å². The molecule has 0 radical (unpaired) electrons. The van der Waals surface area contributed by atoms with E-state index in [9.17, 15) is 34.8 Å². The Morgan fingerprint density at radius 1 is 1.10 bits per heavy atom. The molecule has 0 aliphatic heterocycles. The van der Waals surface area contributed by atoms with Crippen LogP contribution in [0.25, 0.3) is 0 Å². The van der Waals surface area contributed by atoms with E-state index in [1.165, 1.54) is 18.8 Å². The highest BCUT2D eigenvalue weighted by Gasteiger charge is 2.48. The number of amides is 1. The van der Waals surface area contributed by atoms with Crippen LogP contribution in [0.5, 0.6) is 0 Å². The van der Waals surface area contributed by atoms with Crippen molar-refractivity contribution in [1.82, 2.24) is 4.90 Å². The molecule has 39 heavy (non-hydrogen) atoms. The van der Waals surface area contributed by atoms with E-state index in [4.69, 9.17) is 44.7 Å². The lowest BCUT2D eigenvalue weighted by molar-refractivity contribution is -0.0435. The average molecular weight is 673 g/mol. The topological polar surface area (TPSA) is 136 Å². The third-order valence-electron chi connectivity index (χ3n) is 4.91. The number of ether oxygens (including phenoxy) is 1. The number of halogens is 6. The number of primary sulfonamides is 1. The summed E-state index contributed by atoms with van der Waals surface area (Å²) in [6.07, 6.45) is -0.740. The first-order valence-corrected chi connectivity index (χ1v) is 15.8. The number of hydrogen-bond acceptors (Lipinski definition) is 8. The molecule has 2 rings (SSSR count). The number of benzene rings is 2. The lowest BCUT2D eigenvalue weighted by Gasteiger charge is -2.25. The second kappa shape index (κ2) is 13.4. The monoisotopic (exact) mass is 671 g/mol. The lowest BCUT2D eigenvalue weighted by Crippen LogP contribution is -2.35. The van der Waals surface area contributed by atoms with E-state index in [0.29, 0.717) is 6.07 Å². The van der Waals surface area contributed by atoms with Crippen molar-refractivity contribution in [2.45, 2.75) is 36.4 Å². The van der Waals surface area contributed by atoms with Gasteiger partial charge in [0.15, 0.2) is 0 Å². The zero-order valence-electron chi connectivity index (χ0n) is 20.0. The maximum Gasteiger partial charge on any atom is 0.501 e. The maximum absolute atomic E-state index is 13.4. The second-order valence-corrected chi connectivity index (χ2v) is 15.1. The quantitative estimate of drug-likeness (QED) is 0.251. The van der Waals surface area contributed by atoms with Gasteiger partial charge >= 0.3 is 11.6 Å². The van der Waals surface area contributed by atoms with Crippen molar-refractivity contribution < 1.29 is 39.5 Å². The number of rotatable bonds is 11. The Hall–Kier alpha value is -1.62. The summed E-state index contributed by atoms with van der Waals surface area (Å²) in [5.41, 5.74) is -6.22. The zero-order valence-corrected chi connectivity index (χ0v) is 24.7. The van der Waals surface area contributed by atoms with Crippen molar-refractivity contribution in [2.24, 2.45) is 5.14 Å². The van der Waals surface area contributed by atoms with Crippen molar-refractivity contribution in [3.8, 4) is 0 Å². The molecule has 0 aliphatic rings. The van der Waals surface area contributed by atoms with Gasteiger partial charge in [-0.25, -0.2) is 26.8 Å². The Morgan fingerprint density at radius 3 is 2.26 bits per heavy atom. The maximum atomic E-state index is 13.4. The minimum Gasteiger partial charge on any atom is -0.445 e. The minimum absolute atomic E-state index is 0.00231. The molecule has 0 spiro atoms. The first kappa shape index (κ1) is 33.6. The van der Waals surface area contributed by atoms with Crippen LogP contribution in [0.2, 0.25) is 0 Å².